The van der Waals surface area contributed by atoms with Crippen LogP contribution in [0, 0.1) is 0 Å². The molecule has 0 saturated heterocycles. The van der Waals surface area contributed by atoms with Crippen molar-refractivity contribution in [2.45, 2.75) is 12.5 Å². The van der Waals surface area contributed by atoms with Gasteiger partial charge in [-0.25, -0.2) is 0 Å². The molecule has 0 aliphatic heterocycles. The second-order valence-electron chi connectivity index (χ2n) is 7.06. The molecule has 3 aromatic carbocycles. The minimum atomic E-state index is -0.793. The van der Waals surface area contributed by atoms with E-state index < -0.39 is 11.9 Å². The Morgan fingerprint density at radius 2 is 1.65 bits per heavy atom. The number of benzene rings is 3. The van der Waals surface area contributed by atoms with Crippen molar-refractivity contribution in [2.24, 2.45) is 0 Å². The second-order valence-corrected chi connectivity index (χ2v) is 7.47. The van der Waals surface area contributed by atoms with Crippen LogP contribution in [0.1, 0.15) is 15.9 Å². The Bertz CT molecular complexity index is 1220. The summed E-state index contributed by atoms with van der Waals surface area (Å²) >= 11 is 6.17. The van der Waals surface area contributed by atoms with Gasteiger partial charge in [0, 0.05) is 18.0 Å². The summed E-state index contributed by atoms with van der Waals surface area (Å²) < 4.78 is 0. The van der Waals surface area contributed by atoms with E-state index in [4.69, 9.17) is 11.6 Å². The number of pyridine rings is 1. The fraction of sp³-hybridized carbons (Fsp3) is 0.0800. The molecule has 1 heterocycles. The van der Waals surface area contributed by atoms with Crippen LogP contribution in [0.25, 0.3) is 10.9 Å². The third-order valence-corrected chi connectivity index (χ3v) is 5.26. The average molecular weight is 430 g/mol. The van der Waals surface area contributed by atoms with Crippen LogP contribution < -0.4 is 10.6 Å². The van der Waals surface area contributed by atoms with Gasteiger partial charge in [0.1, 0.15) is 6.04 Å². The number of hydrogen-bond acceptors (Lipinski definition) is 3. The number of rotatable bonds is 6. The zero-order valence-electron chi connectivity index (χ0n) is 16.6. The quantitative estimate of drug-likeness (QED) is 0.459. The largest absolute Gasteiger partial charge is 0.340 e. The molecule has 2 N–H and O–H groups in total. The smallest absolute Gasteiger partial charge is 0.253 e. The standard InChI is InChI=1S/C25H20ClN3O2/c26-20-12-5-4-10-18(20)24(30)29-23(16-17-8-2-1-3-9-17)25(31)28-22-14-6-13-21-19(22)11-7-15-27-21/h1-15,23H,16H2,(H,28,31)(H,29,30). The number of hydrogen-bond donors (Lipinski definition) is 2. The highest BCUT2D eigenvalue weighted by Crippen LogP contribution is 2.22. The molecule has 31 heavy (non-hydrogen) atoms. The maximum Gasteiger partial charge on any atom is 0.253 e. The zero-order chi connectivity index (χ0) is 21.6. The van der Waals surface area contributed by atoms with E-state index in [1.165, 1.54) is 0 Å². The van der Waals surface area contributed by atoms with E-state index >= 15 is 0 Å². The van der Waals surface area contributed by atoms with Crippen LogP contribution in [-0.2, 0) is 11.2 Å². The zero-order valence-corrected chi connectivity index (χ0v) is 17.3. The van der Waals surface area contributed by atoms with Gasteiger partial charge in [0.2, 0.25) is 5.91 Å². The number of amides is 2. The highest BCUT2D eigenvalue weighted by molar-refractivity contribution is 6.33. The maximum atomic E-state index is 13.2. The lowest BCUT2D eigenvalue weighted by Crippen LogP contribution is -2.45. The summed E-state index contributed by atoms with van der Waals surface area (Å²) in [6.45, 7) is 0. The number of carbonyl (C=O) groups is 2. The lowest BCUT2D eigenvalue weighted by molar-refractivity contribution is -0.118. The highest BCUT2D eigenvalue weighted by atomic mass is 35.5. The number of nitrogens with zero attached hydrogens (tertiary/aromatic N) is 1. The number of aromatic nitrogens is 1. The Hall–Kier alpha value is -3.70. The normalized spacial score (nSPS) is 11.6. The molecule has 1 unspecified atom stereocenters. The van der Waals surface area contributed by atoms with Gasteiger partial charge in [-0.2, -0.15) is 0 Å². The Kier molecular flexibility index (Phi) is 6.24. The summed E-state index contributed by atoms with van der Waals surface area (Å²) in [6, 6.07) is 24.8. The van der Waals surface area contributed by atoms with Gasteiger partial charge in [0.15, 0.2) is 0 Å². The summed E-state index contributed by atoms with van der Waals surface area (Å²) in [5, 5.41) is 6.95. The Balaban J connectivity index is 1.60. The summed E-state index contributed by atoms with van der Waals surface area (Å²) in [5.41, 5.74) is 2.67. The molecule has 1 atom stereocenters. The molecule has 0 aliphatic carbocycles. The third-order valence-electron chi connectivity index (χ3n) is 4.93. The maximum absolute atomic E-state index is 13.2. The van der Waals surface area contributed by atoms with Crippen LogP contribution in [0.3, 0.4) is 0 Å². The molecule has 0 aliphatic rings. The molecular weight excluding hydrogens is 410 g/mol. The molecule has 154 valence electrons. The molecule has 0 bridgehead atoms. The van der Waals surface area contributed by atoms with E-state index in [2.05, 4.69) is 15.6 Å². The van der Waals surface area contributed by atoms with Gasteiger partial charge in [0.05, 0.1) is 21.8 Å². The van der Waals surface area contributed by atoms with Crippen molar-refractivity contribution < 1.29 is 9.59 Å². The summed E-state index contributed by atoms with van der Waals surface area (Å²) in [5.74, 6) is -0.720. The van der Waals surface area contributed by atoms with E-state index in [-0.39, 0.29) is 5.91 Å². The number of halogens is 1. The van der Waals surface area contributed by atoms with Gasteiger partial charge < -0.3 is 10.6 Å². The van der Waals surface area contributed by atoms with E-state index in [0.717, 1.165) is 16.5 Å². The van der Waals surface area contributed by atoms with Crippen LogP contribution in [0.5, 0.6) is 0 Å². The molecule has 5 nitrogen and oxygen atoms in total. The summed E-state index contributed by atoms with van der Waals surface area (Å²) in [7, 11) is 0. The second kappa shape index (κ2) is 9.41. The average Bonchev–Trinajstić information content (AvgIpc) is 2.80. The molecule has 0 fully saturated rings. The monoisotopic (exact) mass is 429 g/mol. The van der Waals surface area contributed by atoms with Crippen molar-refractivity contribution in [1.29, 1.82) is 0 Å². The summed E-state index contributed by atoms with van der Waals surface area (Å²) in [6.07, 6.45) is 2.04. The molecule has 4 rings (SSSR count). The number of anilines is 1. The SMILES string of the molecule is O=C(NC(Cc1ccccc1)C(=O)Nc1cccc2ncccc12)c1ccccc1Cl. The molecule has 0 spiro atoms. The van der Waals surface area contributed by atoms with Gasteiger partial charge in [0.25, 0.3) is 5.91 Å². The molecular formula is C25H20ClN3O2. The van der Waals surface area contributed by atoms with Crippen molar-refractivity contribution in [3.05, 3.63) is 107 Å². The van der Waals surface area contributed by atoms with Crippen molar-refractivity contribution in [3.8, 4) is 0 Å². The molecule has 1 aromatic heterocycles. The minimum Gasteiger partial charge on any atom is -0.340 e. The van der Waals surface area contributed by atoms with E-state index in [9.17, 15) is 9.59 Å². The van der Waals surface area contributed by atoms with Gasteiger partial charge in [-0.05, 0) is 42.0 Å². The predicted octanol–water partition coefficient (Wildman–Crippen LogP) is 4.87. The topological polar surface area (TPSA) is 71.1 Å². The Morgan fingerprint density at radius 1 is 0.871 bits per heavy atom. The first kappa shape index (κ1) is 20.6. The summed E-state index contributed by atoms with van der Waals surface area (Å²) in [4.78, 5) is 30.4. The first-order valence-electron chi connectivity index (χ1n) is 9.86. The first-order chi connectivity index (χ1) is 15.1. The molecule has 2 amide bonds. The van der Waals surface area contributed by atoms with Crippen LogP contribution >= 0.6 is 11.6 Å². The van der Waals surface area contributed by atoms with Crippen molar-refractivity contribution >= 4 is 40.0 Å². The van der Waals surface area contributed by atoms with Crippen LogP contribution in [0.4, 0.5) is 5.69 Å². The van der Waals surface area contributed by atoms with E-state index in [1.807, 2.05) is 60.7 Å². The lowest BCUT2D eigenvalue weighted by Gasteiger charge is -2.20. The van der Waals surface area contributed by atoms with Gasteiger partial charge in [-0.15, -0.1) is 0 Å². The fourth-order valence-electron chi connectivity index (χ4n) is 3.37. The third kappa shape index (κ3) is 4.90. The minimum absolute atomic E-state index is 0.319. The van der Waals surface area contributed by atoms with Crippen LogP contribution in [0.2, 0.25) is 5.02 Å². The van der Waals surface area contributed by atoms with Gasteiger partial charge in [-0.1, -0.05) is 60.1 Å². The fourth-order valence-corrected chi connectivity index (χ4v) is 3.59. The van der Waals surface area contributed by atoms with Crippen molar-refractivity contribution in [1.82, 2.24) is 10.3 Å². The first-order valence-corrected chi connectivity index (χ1v) is 10.2. The van der Waals surface area contributed by atoms with E-state index in [1.54, 1.807) is 30.5 Å². The molecule has 0 saturated carbocycles. The van der Waals surface area contributed by atoms with E-state index in [0.29, 0.717) is 22.7 Å². The van der Waals surface area contributed by atoms with Gasteiger partial charge >= 0.3 is 0 Å². The molecule has 0 radical (unpaired) electrons. The Morgan fingerprint density at radius 3 is 2.45 bits per heavy atom. The highest BCUT2D eigenvalue weighted by Gasteiger charge is 2.23. The number of nitrogens with one attached hydrogen (secondary N) is 2. The van der Waals surface area contributed by atoms with Gasteiger partial charge in [-0.3, -0.25) is 14.6 Å². The van der Waals surface area contributed by atoms with Crippen LogP contribution in [0.15, 0.2) is 91.1 Å². The van der Waals surface area contributed by atoms with Crippen LogP contribution in [-0.4, -0.2) is 22.8 Å². The predicted molar refractivity (Wildman–Crippen MR) is 123 cm³/mol. The molecule has 6 heteroatoms. The number of fused-ring (bicyclic) bond motifs is 1. The van der Waals surface area contributed by atoms with Crippen molar-refractivity contribution in [3.63, 3.8) is 0 Å². The van der Waals surface area contributed by atoms with Crippen molar-refractivity contribution in [2.75, 3.05) is 5.32 Å². The lowest BCUT2D eigenvalue weighted by atomic mass is 10.0. The Labute approximate surface area is 185 Å². The molecule has 4 aromatic rings. The number of carbonyl (C=O) groups excluding carboxylic acids is 2.